The van der Waals surface area contributed by atoms with Crippen LogP contribution in [0.3, 0.4) is 0 Å². The van der Waals surface area contributed by atoms with Crippen molar-refractivity contribution in [2.45, 2.75) is 31.5 Å². The molecule has 1 unspecified atom stereocenters. The molecule has 0 aromatic heterocycles. The van der Waals surface area contributed by atoms with Crippen LogP contribution in [0.4, 0.5) is 0 Å². The van der Waals surface area contributed by atoms with Crippen LogP contribution >= 0.6 is 15.9 Å². The molecule has 6 heteroatoms. The molecule has 0 radical (unpaired) electrons. The SMILES string of the molecule is C[C@@]12CCC([C@@H](Br)C1=O)[C@@]2(C)CS(=O)(=O)O. The molecule has 2 aliphatic rings. The van der Waals surface area contributed by atoms with Gasteiger partial charge >= 0.3 is 0 Å². The fraction of sp³-hybridized carbons (Fsp3) is 0.900. The fourth-order valence-corrected chi connectivity index (χ4v) is 6.11. The Morgan fingerprint density at radius 2 is 2.06 bits per heavy atom. The second-order valence-corrected chi connectivity index (χ2v) is 7.83. The van der Waals surface area contributed by atoms with Crippen LogP contribution in [0.1, 0.15) is 26.7 Å². The molecule has 0 aromatic carbocycles. The topological polar surface area (TPSA) is 71.4 Å². The Bertz CT molecular complexity index is 446. The molecule has 4 nitrogen and oxygen atoms in total. The first kappa shape index (κ1) is 12.5. The maximum absolute atomic E-state index is 12.1. The smallest absolute Gasteiger partial charge is 0.265 e. The second-order valence-electron chi connectivity index (χ2n) is 5.39. The van der Waals surface area contributed by atoms with Crippen molar-refractivity contribution in [1.82, 2.24) is 0 Å². The van der Waals surface area contributed by atoms with E-state index in [1.54, 1.807) is 6.92 Å². The molecule has 0 saturated heterocycles. The van der Waals surface area contributed by atoms with Crippen LogP contribution in [0.5, 0.6) is 0 Å². The first-order valence-electron chi connectivity index (χ1n) is 5.25. The van der Waals surface area contributed by atoms with Gasteiger partial charge in [-0.15, -0.1) is 0 Å². The lowest BCUT2D eigenvalue weighted by Crippen LogP contribution is -2.40. The van der Waals surface area contributed by atoms with Gasteiger partial charge < -0.3 is 0 Å². The highest BCUT2D eigenvalue weighted by Crippen LogP contribution is 2.65. The molecule has 2 fully saturated rings. The molecular weight excluding hydrogens is 296 g/mol. The summed E-state index contributed by atoms with van der Waals surface area (Å²) in [5, 5.41) is 0. The summed E-state index contributed by atoms with van der Waals surface area (Å²) in [5.41, 5.74) is -1.27. The summed E-state index contributed by atoms with van der Waals surface area (Å²) in [6.45, 7) is 3.62. The zero-order valence-corrected chi connectivity index (χ0v) is 11.6. The third kappa shape index (κ3) is 1.42. The molecule has 92 valence electrons. The lowest BCUT2D eigenvalue weighted by Gasteiger charge is -2.35. The van der Waals surface area contributed by atoms with Gasteiger partial charge in [-0.25, -0.2) is 0 Å². The molecule has 0 spiro atoms. The van der Waals surface area contributed by atoms with E-state index >= 15 is 0 Å². The Labute approximate surface area is 104 Å². The van der Waals surface area contributed by atoms with Gasteiger partial charge in [0, 0.05) is 10.8 Å². The van der Waals surface area contributed by atoms with Gasteiger partial charge in [0.25, 0.3) is 10.1 Å². The number of hydrogen-bond donors (Lipinski definition) is 1. The monoisotopic (exact) mass is 310 g/mol. The number of hydrogen-bond acceptors (Lipinski definition) is 3. The zero-order valence-electron chi connectivity index (χ0n) is 9.23. The van der Waals surface area contributed by atoms with Crippen molar-refractivity contribution in [2.75, 3.05) is 5.75 Å². The molecule has 0 aromatic rings. The summed E-state index contributed by atoms with van der Waals surface area (Å²) in [5.74, 6) is -0.239. The van der Waals surface area contributed by atoms with Crippen LogP contribution in [0, 0.1) is 16.7 Å². The minimum absolute atomic E-state index is 0.00641. The van der Waals surface area contributed by atoms with Crippen molar-refractivity contribution >= 4 is 31.8 Å². The molecule has 0 amide bonds. The quantitative estimate of drug-likeness (QED) is 0.622. The zero-order chi connectivity index (χ0) is 12.4. The summed E-state index contributed by atoms with van der Waals surface area (Å²) in [4.78, 5) is 11.8. The largest absolute Gasteiger partial charge is 0.298 e. The highest BCUT2D eigenvalue weighted by atomic mass is 79.9. The summed E-state index contributed by atoms with van der Waals surface area (Å²) >= 11 is 3.35. The molecule has 0 aliphatic heterocycles. The van der Waals surface area contributed by atoms with Crippen molar-refractivity contribution in [1.29, 1.82) is 0 Å². The van der Waals surface area contributed by atoms with E-state index in [9.17, 15) is 13.2 Å². The van der Waals surface area contributed by atoms with Gasteiger partial charge in [-0.05, 0) is 18.8 Å². The first-order chi connectivity index (χ1) is 7.12. The van der Waals surface area contributed by atoms with E-state index in [1.807, 2.05) is 6.92 Å². The van der Waals surface area contributed by atoms with Crippen LogP contribution in [-0.2, 0) is 14.9 Å². The maximum Gasteiger partial charge on any atom is 0.265 e. The highest BCUT2D eigenvalue weighted by molar-refractivity contribution is 9.10. The molecule has 1 N–H and O–H groups in total. The van der Waals surface area contributed by atoms with Crippen LogP contribution in [0.25, 0.3) is 0 Å². The number of carbonyl (C=O) groups excluding carboxylic acids is 1. The van der Waals surface area contributed by atoms with E-state index in [0.29, 0.717) is 6.42 Å². The third-order valence-electron chi connectivity index (χ3n) is 4.66. The van der Waals surface area contributed by atoms with Gasteiger partial charge in [-0.1, -0.05) is 29.8 Å². The van der Waals surface area contributed by atoms with Gasteiger partial charge in [-0.3, -0.25) is 9.35 Å². The number of alkyl halides is 1. The van der Waals surface area contributed by atoms with E-state index in [-0.39, 0.29) is 22.3 Å². The Hall–Kier alpha value is 0.0600. The van der Waals surface area contributed by atoms with Crippen LogP contribution in [-0.4, -0.2) is 29.3 Å². The van der Waals surface area contributed by atoms with Crippen molar-refractivity contribution in [3.05, 3.63) is 0 Å². The van der Waals surface area contributed by atoms with Crippen molar-refractivity contribution in [2.24, 2.45) is 16.7 Å². The number of Topliss-reactive ketones (excluding diaryl/α,β-unsaturated/α-hetero) is 1. The van der Waals surface area contributed by atoms with Gasteiger partial charge in [-0.2, -0.15) is 8.42 Å². The minimum Gasteiger partial charge on any atom is -0.298 e. The highest BCUT2D eigenvalue weighted by Gasteiger charge is 2.68. The second kappa shape index (κ2) is 3.29. The predicted molar refractivity (Wildman–Crippen MR) is 63.1 cm³/mol. The lowest BCUT2D eigenvalue weighted by molar-refractivity contribution is -0.127. The van der Waals surface area contributed by atoms with Crippen molar-refractivity contribution in [3.8, 4) is 0 Å². The molecule has 0 heterocycles. The number of carbonyl (C=O) groups is 1. The Morgan fingerprint density at radius 3 is 2.44 bits per heavy atom. The third-order valence-corrected chi connectivity index (χ3v) is 6.68. The fourth-order valence-electron chi connectivity index (χ4n) is 3.46. The van der Waals surface area contributed by atoms with Crippen LogP contribution in [0.2, 0.25) is 0 Å². The van der Waals surface area contributed by atoms with Gasteiger partial charge in [0.2, 0.25) is 0 Å². The summed E-state index contributed by atoms with van der Waals surface area (Å²) in [7, 11) is -4.05. The molecule has 16 heavy (non-hydrogen) atoms. The van der Waals surface area contributed by atoms with Gasteiger partial charge in [0.15, 0.2) is 5.78 Å². The average molecular weight is 311 g/mol. The summed E-state index contributed by atoms with van der Waals surface area (Å²) < 4.78 is 31.2. The van der Waals surface area contributed by atoms with Crippen molar-refractivity contribution < 1.29 is 17.8 Å². The number of fused-ring (bicyclic) bond motifs is 2. The number of halogens is 1. The number of rotatable bonds is 2. The maximum atomic E-state index is 12.1. The lowest BCUT2D eigenvalue weighted by atomic mass is 9.70. The minimum atomic E-state index is -4.05. The Kier molecular flexibility index (Phi) is 2.58. The van der Waals surface area contributed by atoms with Crippen LogP contribution < -0.4 is 0 Å². The van der Waals surface area contributed by atoms with Crippen LogP contribution in [0.15, 0.2) is 0 Å². The van der Waals surface area contributed by atoms with E-state index in [1.165, 1.54) is 0 Å². The molecule has 2 saturated carbocycles. The number of ketones is 1. The standard InChI is InChI=1S/C10H15BrO4S/c1-9-4-3-6(7(11)8(9)12)10(9,2)5-16(13,14)15/h6-7H,3-5H2,1-2H3,(H,13,14,15)/t6?,7-,9-,10-/m1/s1. The first-order valence-corrected chi connectivity index (χ1v) is 7.78. The Morgan fingerprint density at radius 1 is 1.50 bits per heavy atom. The van der Waals surface area contributed by atoms with Crippen molar-refractivity contribution in [3.63, 3.8) is 0 Å². The Balaban J connectivity index is 2.47. The predicted octanol–water partition coefficient (Wildman–Crippen LogP) is 1.64. The molecule has 2 bridgehead atoms. The normalized spacial score (nSPS) is 47.6. The molecule has 2 rings (SSSR count). The van der Waals surface area contributed by atoms with Gasteiger partial charge in [0.05, 0.1) is 10.6 Å². The van der Waals surface area contributed by atoms with Gasteiger partial charge in [0.1, 0.15) is 0 Å². The summed E-state index contributed by atoms with van der Waals surface area (Å²) in [6, 6.07) is 0. The van der Waals surface area contributed by atoms with E-state index in [4.69, 9.17) is 4.55 Å². The summed E-state index contributed by atoms with van der Waals surface area (Å²) in [6.07, 6.45) is 1.55. The van der Waals surface area contributed by atoms with E-state index < -0.39 is 20.9 Å². The van der Waals surface area contributed by atoms with E-state index in [0.717, 1.165) is 6.42 Å². The average Bonchev–Trinajstić information content (AvgIpc) is 2.40. The molecule has 4 atom stereocenters. The van der Waals surface area contributed by atoms with E-state index in [2.05, 4.69) is 15.9 Å². The molecule has 2 aliphatic carbocycles. The molecular formula is C10H15BrO4S.